The number of rotatable bonds is 3. The zero-order valence-electron chi connectivity index (χ0n) is 13.0. The van der Waals surface area contributed by atoms with Crippen LogP contribution in [0.1, 0.15) is 10.4 Å². The highest BCUT2D eigenvalue weighted by molar-refractivity contribution is 5.88. The molecule has 0 radical (unpaired) electrons. The van der Waals surface area contributed by atoms with Gasteiger partial charge in [-0.3, -0.25) is 25.2 Å². The Kier molecular flexibility index (Phi) is 5.38. The van der Waals surface area contributed by atoms with Crippen LogP contribution in [-0.2, 0) is 0 Å². The van der Waals surface area contributed by atoms with Crippen LogP contribution in [0.2, 0.25) is 0 Å². The SMILES string of the molecule is O=C(O)c1ccc([N+](=O)[O-])cc1.O=[N+]([O-])c1ccc2cccnc2c1O. The largest absolute Gasteiger partial charge is 0.501 e. The monoisotopic (exact) mass is 357 g/mol. The van der Waals surface area contributed by atoms with Crippen molar-refractivity contribution < 1.29 is 24.9 Å². The van der Waals surface area contributed by atoms with Gasteiger partial charge in [0.05, 0.1) is 15.4 Å². The highest BCUT2D eigenvalue weighted by Crippen LogP contribution is 2.32. The van der Waals surface area contributed by atoms with E-state index in [2.05, 4.69) is 4.98 Å². The van der Waals surface area contributed by atoms with Crippen molar-refractivity contribution in [1.82, 2.24) is 4.98 Å². The molecular formula is C16H11N3O7. The lowest BCUT2D eigenvalue weighted by molar-refractivity contribution is -0.385. The number of pyridine rings is 1. The third kappa shape index (κ3) is 4.06. The Morgan fingerprint density at radius 1 is 0.962 bits per heavy atom. The molecule has 0 unspecified atom stereocenters. The van der Waals surface area contributed by atoms with Crippen molar-refractivity contribution in [3.63, 3.8) is 0 Å². The quantitative estimate of drug-likeness (QED) is 0.534. The zero-order valence-corrected chi connectivity index (χ0v) is 13.0. The van der Waals surface area contributed by atoms with E-state index >= 15 is 0 Å². The summed E-state index contributed by atoms with van der Waals surface area (Å²) in [7, 11) is 0. The van der Waals surface area contributed by atoms with Crippen molar-refractivity contribution in [2.24, 2.45) is 0 Å². The van der Waals surface area contributed by atoms with Crippen LogP contribution in [0.4, 0.5) is 11.4 Å². The van der Waals surface area contributed by atoms with Gasteiger partial charge in [-0.05, 0) is 24.3 Å². The van der Waals surface area contributed by atoms with Gasteiger partial charge < -0.3 is 10.2 Å². The predicted octanol–water partition coefficient (Wildman–Crippen LogP) is 3.14. The lowest BCUT2D eigenvalue weighted by Crippen LogP contribution is -1.96. The minimum Gasteiger partial charge on any atom is -0.501 e. The molecule has 2 N–H and O–H groups in total. The minimum atomic E-state index is -1.09. The van der Waals surface area contributed by atoms with Gasteiger partial charge in [0.15, 0.2) is 0 Å². The fourth-order valence-electron chi connectivity index (χ4n) is 1.99. The Hall–Kier alpha value is -4.08. The second kappa shape index (κ2) is 7.66. The first-order valence-corrected chi connectivity index (χ1v) is 7.00. The van der Waals surface area contributed by atoms with E-state index in [1.165, 1.54) is 24.4 Å². The summed E-state index contributed by atoms with van der Waals surface area (Å²) in [6.45, 7) is 0. The molecular weight excluding hydrogens is 346 g/mol. The standard InChI is InChI=1S/C9H6N2O3.C7H5NO4/c12-9-7(11(13)14)4-3-6-2-1-5-10-8(6)9;9-7(10)5-1-3-6(4-2-5)8(11)12/h1-5,12H;1-4H,(H,9,10). The fourth-order valence-corrected chi connectivity index (χ4v) is 1.99. The van der Waals surface area contributed by atoms with Crippen LogP contribution in [-0.4, -0.2) is 31.0 Å². The van der Waals surface area contributed by atoms with Crippen molar-refractivity contribution >= 4 is 28.2 Å². The third-order valence-electron chi connectivity index (χ3n) is 3.25. The summed E-state index contributed by atoms with van der Waals surface area (Å²) in [6.07, 6.45) is 1.48. The van der Waals surface area contributed by atoms with Crippen LogP contribution < -0.4 is 0 Å². The van der Waals surface area contributed by atoms with Crippen molar-refractivity contribution in [1.29, 1.82) is 0 Å². The van der Waals surface area contributed by atoms with E-state index in [1.54, 1.807) is 18.2 Å². The van der Waals surface area contributed by atoms with Gasteiger partial charge in [0.25, 0.3) is 5.69 Å². The number of benzene rings is 2. The third-order valence-corrected chi connectivity index (χ3v) is 3.25. The average molecular weight is 357 g/mol. The smallest absolute Gasteiger partial charge is 0.335 e. The number of phenolic OH excluding ortho intramolecular Hbond substituents is 1. The average Bonchev–Trinajstić information content (AvgIpc) is 2.62. The number of carboxylic acid groups (broad SMARTS) is 1. The normalized spacial score (nSPS) is 9.85. The number of aromatic nitrogens is 1. The number of aromatic hydroxyl groups is 1. The maximum Gasteiger partial charge on any atom is 0.335 e. The number of nitro groups is 2. The molecule has 0 bridgehead atoms. The van der Waals surface area contributed by atoms with E-state index in [0.29, 0.717) is 5.39 Å². The summed E-state index contributed by atoms with van der Waals surface area (Å²) in [6, 6.07) is 11.0. The Labute approximate surface area is 145 Å². The van der Waals surface area contributed by atoms with Gasteiger partial charge in [-0.25, -0.2) is 4.79 Å². The molecule has 0 aliphatic heterocycles. The van der Waals surface area contributed by atoms with E-state index in [9.17, 15) is 30.1 Å². The molecule has 0 aliphatic carbocycles. The minimum absolute atomic E-state index is 0.0422. The molecule has 132 valence electrons. The fraction of sp³-hybridized carbons (Fsp3) is 0. The highest BCUT2D eigenvalue weighted by atomic mass is 16.6. The van der Waals surface area contributed by atoms with Crippen molar-refractivity contribution in [2.75, 3.05) is 0 Å². The van der Waals surface area contributed by atoms with Gasteiger partial charge in [0, 0.05) is 29.8 Å². The number of non-ortho nitro benzene ring substituents is 1. The number of hydrogen-bond donors (Lipinski definition) is 2. The maximum atomic E-state index is 10.5. The molecule has 1 aromatic heterocycles. The van der Waals surface area contributed by atoms with E-state index in [4.69, 9.17) is 5.11 Å². The highest BCUT2D eigenvalue weighted by Gasteiger charge is 2.16. The molecule has 0 saturated carbocycles. The van der Waals surface area contributed by atoms with Gasteiger partial charge in [-0.15, -0.1) is 0 Å². The van der Waals surface area contributed by atoms with Gasteiger partial charge >= 0.3 is 11.7 Å². The van der Waals surface area contributed by atoms with E-state index < -0.39 is 15.8 Å². The van der Waals surface area contributed by atoms with Gasteiger partial charge in [-0.2, -0.15) is 0 Å². The lowest BCUT2D eigenvalue weighted by atomic mass is 10.2. The van der Waals surface area contributed by atoms with Gasteiger partial charge in [0.1, 0.15) is 5.52 Å². The first-order chi connectivity index (χ1) is 12.3. The first-order valence-electron chi connectivity index (χ1n) is 7.00. The summed E-state index contributed by atoms with van der Waals surface area (Å²) in [5.41, 5.74) is -0.140. The number of fused-ring (bicyclic) bond motifs is 1. The molecule has 0 spiro atoms. The number of nitrogens with zero attached hydrogens (tertiary/aromatic N) is 3. The lowest BCUT2D eigenvalue weighted by Gasteiger charge is -1.99. The molecule has 0 saturated heterocycles. The molecule has 0 amide bonds. The molecule has 1 heterocycles. The van der Waals surface area contributed by atoms with Gasteiger partial charge in [-0.1, -0.05) is 6.07 Å². The number of nitro benzene ring substituents is 2. The van der Waals surface area contributed by atoms with Crippen molar-refractivity contribution in [3.05, 3.63) is 80.5 Å². The number of aromatic carboxylic acids is 1. The maximum absolute atomic E-state index is 10.5. The predicted molar refractivity (Wildman–Crippen MR) is 90.1 cm³/mol. The molecule has 3 rings (SSSR count). The molecule has 10 nitrogen and oxygen atoms in total. The summed E-state index contributed by atoms with van der Waals surface area (Å²) >= 11 is 0. The Morgan fingerprint density at radius 3 is 2.15 bits per heavy atom. The van der Waals surface area contributed by atoms with Crippen molar-refractivity contribution in [2.45, 2.75) is 0 Å². The molecule has 2 aromatic carbocycles. The number of carboxylic acids is 1. The van der Waals surface area contributed by atoms with Crippen LogP contribution in [0.5, 0.6) is 5.75 Å². The summed E-state index contributed by atoms with van der Waals surface area (Å²) in [5, 5.41) is 39.3. The topological polar surface area (TPSA) is 157 Å². The van der Waals surface area contributed by atoms with Gasteiger partial charge in [0.2, 0.25) is 5.75 Å². The number of hydrogen-bond acceptors (Lipinski definition) is 7. The molecule has 0 atom stereocenters. The second-order valence-corrected chi connectivity index (χ2v) is 4.87. The molecule has 0 fully saturated rings. The number of carbonyl (C=O) groups is 1. The molecule has 26 heavy (non-hydrogen) atoms. The first kappa shape index (κ1) is 18.3. The van der Waals surface area contributed by atoms with Crippen LogP contribution in [0, 0.1) is 20.2 Å². The Bertz CT molecular complexity index is 954. The van der Waals surface area contributed by atoms with Crippen LogP contribution >= 0.6 is 0 Å². The summed E-state index contributed by atoms with van der Waals surface area (Å²) < 4.78 is 0. The van der Waals surface area contributed by atoms with Crippen LogP contribution in [0.15, 0.2) is 54.7 Å². The van der Waals surface area contributed by atoms with Crippen molar-refractivity contribution in [3.8, 4) is 5.75 Å². The summed E-state index contributed by atoms with van der Waals surface area (Å²) in [4.78, 5) is 33.6. The van der Waals surface area contributed by atoms with Crippen LogP contribution in [0.25, 0.3) is 10.9 Å². The zero-order chi connectivity index (χ0) is 19.3. The van der Waals surface area contributed by atoms with E-state index in [-0.39, 0.29) is 28.2 Å². The second-order valence-electron chi connectivity index (χ2n) is 4.87. The molecule has 3 aromatic rings. The Balaban J connectivity index is 0.000000190. The Morgan fingerprint density at radius 2 is 1.62 bits per heavy atom. The summed E-state index contributed by atoms with van der Waals surface area (Å²) in [5.74, 6) is -1.47. The molecule has 0 aliphatic rings. The molecule has 10 heteroatoms. The number of phenols is 1. The van der Waals surface area contributed by atoms with E-state index in [1.807, 2.05) is 0 Å². The van der Waals surface area contributed by atoms with Crippen LogP contribution in [0.3, 0.4) is 0 Å². The van der Waals surface area contributed by atoms with E-state index in [0.717, 1.165) is 12.1 Å².